The van der Waals surface area contributed by atoms with E-state index >= 15 is 0 Å². The van der Waals surface area contributed by atoms with Gasteiger partial charge >= 0.3 is 6.18 Å². The highest BCUT2D eigenvalue weighted by molar-refractivity contribution is 7.99. The molecule has 0 aliphatic rings. The molecule has 0 N–H and O–H groups in total. The van der Waals surface area contributed by atoms with E-state index in [2.05, 4.69) is 13.8 Å². The Hall–Kier alpha value is -0.970. The molecule has 106 valence electrons. The first-order chi connectivity index (χ1) is 8.79. The number of thioether (sulfide) groups is 1. The summed E-state index contributed by atoms with van der Waals surface area (Å²) >= 11 is 1.53. The molecule has 0 aromatic heterocycles. The van der Waals surface area contributed by atoms with Gasteiger partial charge in [-0.15, -0.1) is 0 Å². The molecular weight excluding hydrogens is 273 g/mol. The Bertz CT molecular complexity index is 427. The summed E-state index contributed by atoms with van der Waals surface area (Å²) in [6.07, 6.45) is -4.29. The van der Waals surface area contributed by atoms with Crippen molar-refractivity contribution in [3.8, 4) is 0 Å². The number of benzene rings is 1. The topological polar surface area (TPSA) is 17.1 Å². The van der Waals surface area contributed by atoms with Crippen molar-refractivity contribution in [1.82, 2.24) is 0 Å². The second-order valence-electron chi connectivity index (χ2n) is 4.82. The number of ketones is 1. The fourth-order valence-electron chi connectivity index (χ4n) is 1.54. The molecule has 0 amide bonds. The highest BCUT2D eigenvalue weighted by Crippen LogP contribution is 2.29. The molecule has 1 rings (SSSR count). The zero-order valence-corrected chi connectivity index (χ0v) is 11.8. The normalized spacial score (nSPS) is 11.9. The first kappa shape index (κ1) is 16.1. The minimum absolute atomic E-state index is 0.0371. The first-order valence-corrected chi connectivity index (χ1v) is 7.20. The van der Waals surface area contributed by atoms with Crippen molar-refractivity contribution in [1.29, 1.82) is 0 Å². The van der Waals surface area contributed by atoms with Crippen LogP contribution in [0.2, 0.25) is 0 Å². The van der Waals surface area contributed by atoms with Gasteiger partial charge in [0, 0.05) is 6.42 Å². The van der Waals surface area contributed by atoms with Crippen LogP contribution in [0, 0.1) is 5.92 Å². The Labute approximate surface area is 115 Å². The number of Topliss-reactive ketones (excluding diaryl/α,β-unsaturated/α-hetero) is 1. The van der Waals surface area contributed by atoms with Crippen molar-refractivity contribution in [3.05, 3.63) is 35.4 Å². The number of carbonyl (C=O) groups is 1. The highest BCUT2D eigenvalue weighted by atomic mass is 32.2. The summed E-state index contributed by atoms with van der Waals surface area (Å²) in [6, 6.07) is 4.96. The third-order valence-corrected chi connectivity index (χ3v) is 3.80. The molecule has 0 aliphatic heterocycles. The zero-order chi connectivity index (χ0) is 14.5. The van der Waals surface area contributed by atoms with Gasteiger partial charge in [-0.05, 0) is 23.3 Å². The molecule has 0 aliphatic carbocycles. The molecule has 0 spiro atoms. The minimum Gasteiger partial charge on any atom is -0.298 e. The third-order valence-electron chi connectivity index (χ3n) is 2.37. The number of alkyl halides is 3. The van der Waals surface area contributed by atoms with Crippen molar-refractivity contribution in [2.24, 2.45) is 5.92 Å². The standard InChI is InChI=1S/C14H17F3OS/c1-10(2)8-19-9-13(18)7-11-4-3-5-12(6-11)14(15,16)17/h3-6,10H,7-9H2,1-2H3. The van der Waals surface area contributed by atoms with E-state index < -0.39 is 11.7 Å². The minimum atomic E-state index is -4.36. The highest BCUT2D eigenvalue weighted by Gasteiger charge is 2.30. The Morgan fingerprint density at radius 3 is 2.58 bits per heavy atom. The lowest BCUT2D eigenvalue weighted by Gasteiger charge is -2.08. The van der Waals surface area contributed by atoms with E-state index in [-0.39, 0.29) is 12.2 Å². The molecule has 0 heterocycles. The van der Waals surface area contributed by atoms with E-state index in [0.29, 0.717) is 17.2 Å². The van der Waals surface area contributed by atoms with Crippen LogP contribution in [0.3, 0.4) is 0 Å². The van der Waals surface area contributed by atoms with E-state index in [4.69, 9.17) is 0 Å². The van der Waals surface area contributed by atoms with E-state index in [0.717, 1.165) is 17.9 Å². The Morgan fingerprint density at radius 2 is 2.00 bits per heavy atom. The lowest BCUT2D eigenvalue weighted by molar-refractivity contribution is -0.137. The lowest BCUT2D eigenvalue weighted by atomic mass is 10.1. The molecule has 1 nitrogen and oxygen atoms in total. The fourth-order valence-corrected chi connectivity index (χ4v) is 2.46. The quantitative estimate of drug-likeness (QED) is 0.781. The van der Waals surface area contributed by atoms with E-state index in [1.807, 2.05) is 0 Å². The zero-order valence-electron chi connectivity index (χ0n) is 11.0. The molecule has 0 unspecified atom stereocenters. The molecule has 5 heteroatoms. The predicted molar refractivity (Wildman–Crippen MR) is 72.3 cm³/mol. The van der Waals surface area contributed by atoms with Crippen LogP contribution >= 0.6 is 11.8 Å². The predicted octanol–water partition coefficient (Wildman–Crippen LogP) is 4.21. The summed E-state index contributed by atoms with van der Waals surface area (Å²) in [7, 11) is 0. The second-order valence-corrected chi connectivity index (χ2v) is 5.85. The number of halogens is 3. The molecule has 0 atom stereocenters. The number of hydrogen-bond acceptors (Lipinski definition) is 2. The number of carbonyl (C=O) groups excluding carboxylic acids is 1. The van der Waals surface area contributed by atoms with E-state index in [9.17, 15) is 18.0 Å². The maximum Gasteiger partial charge on any atom is 0.416 e. The Kier molecular flexibility index (Phi) is 5.91. The van der Waals surface area contributed by atoms with Gasteiger partial charge in [-0.2, -0.15) is 24.9 Å². The summed E-state index contributed by atoms with van der Waals surface area (Å²) in [5, 5.41) is 0. The second kappa shape index (κ2) is 6.98. The average Bonchev–Trinajstić information content (AvgIpc) is 2.27. The molecule has 1 aromatic rings. The SMILES string of the molecule is CC(C)CSCC(=O)Cc1cccc(C(F)(F)F)c1. The van der Waals surface area contributed by atoms with Crippen molar-refractivity contribution in [3.63, 3.8) is 0 Å². The van der Waals surface area contributed by atoms with Crippen LogP contribution in [0.5, 0.6) is 0 Å². The van der Waals surface area contributed by atoms with Crippen molar-refractivity contribution < 1.29 is 18.0 Å². The third kappa shape index (κ3) is 6.14. The Morgan fingerprint density at radius 1 is 1.32 bits per heavy atom. The maximum atomic E-state index is 12.5. The number of hydrogen-bond donors (Lipinski definition) is 0. The summed E-state index contributed by atoms with van der Waals surface area (Å²) in [4.78, 5) is 11.7. The smallest absolute Gasteiger partial charge is 0.298 e. The molecule has 0 bridgehead atoms. The molecular formula is C14H17F3OS. The molecule has 19 heavy (non-hydrogen) atoms. The van der Waals surface area contributed by atoms with E-state index in [1.165, 1.54) is 17.8 Å². The van der Waals surface area contributed by atoms with Crippen LogP contribution in [-0.4, -0.2) is 17.3 Å². The summed E-state index contributed by atoms with van der Waals surface area (Å²) in [6.45, 7) is 4.12. The van der Waals surface area contributed by atoms with Gasteiger partial charge in [0.15, 0.2) is 0 Å². The molecule has 0 radical (unpaired) electrons. The monoisotopic (exact) mass is 290 g/mol. The van der Waals surface area contributed by atoms with Gasteiger partial charge in [-0.1, -0.05) is 32.0 Å². The lowest BCUT2D eigenvalue weighted by Crippen LogP contribution is -2.09. The van der Waals surface area contributed by atoms with Gasteiger partial charge < -0.3 is 0 Å². The van der Waals surface area contributed by atoms with Crippen molar-refractivity contribution in [2.75, 3.05) is 11.5 Å². The largest absolute Gasteiger partial charge is 0.416 e. The van der Waals surface area contributed by atoms with Crippen LogP contribution in [0.4, 0.5) is 13.2 Å². The van der Waals surface area contributed by atoms with Gasteiger partial charge in [-0.3, -0.25) is 4.79 Å². The van der Waals surface area contributed by atoms with E-state index in [1.54, 1.807) is 6.07 Å². The van der Waals surface area contributed by atoms with Gasteiger partial charge in [0.1, 0.15) is 5.78 Å². The van der Waals surface area contributed by atoms with Crippen LogP contribution < -0.4 is 0 Å². The molecule has 1 aromatic carbocycles. The van der Waals surface area contributed by atoms with Gasteiger partial charge in [0.2, 0.25) is 0 Å². The first-order valence-electron chi connectivity index (χ1n) is 6.04. The van der Waals surface area contributed by atoms with Gasteiger partial charge in [-0.25, -0.2) is 0 Å². The molecule has 0 saturated heterocycles. The summed E-state index contributed by atoms with van der Waals surface area (Å²) < 4.78 is 37.5. The molecule has 0 saturated carbocycles. The van der Waals surface area contributed by atoms with Crippen LogP contribution in [-0.2, 0) is 17.4 Å². The van der Waals surface area contributed by atoms with Crippen LogP contribution in [0.15, 0.2) is 24.3 Å². The van der Waals surface area contributed by atoms with Crippen LogP contribution in [0.1, 0.15) is 25.0 Å². The number of rotatable bonds is 6. The summed E-state index contributed by atoms with van der Waals surface area (Å²) in [5.41, 5.74) is -0.280. The summed E-state index contributed by atoms with van der Waals surface area (Å²) in [5.74, 6) is 1.71. The fraction of sp³-hybridized carbons (Fsp3) is 0.500. The Balaban J connectivity index is 2.55. The van der Waals surface area contributed by atoms with Gasteiger partial charge in [0.05, 0.1) is 11.3 Å². The van der Waals surface area contributed by atoms with Crippen molar-refractivity contribution in [2.45, 2.75) is 26.4 Å². The average molecular weight is 290 g/mol. The van der Waals surface area contributed by atoms with Gasteiger partial charge in [0.25, 0.3) is 0 Å². The maximum absolute atomic E-state index is 12.5. The van der Waals surface area contributed by atoms with Crippen molar-refractivity contribution >= 4 is 17.5 Å². The molecule has 0 fully saturated rings. The van der Waals surface area contributed by atoms with Crippen LogP contribution in [0.25, 0.3) is 0 Å².